The van der Waals surface area contributed by atoms with Crippen molar-refractivity contribution in [2.75, 3.05) is 6.54 Å². The van der Waals surface area contributed by atoms with E-state index in [1.54, 1.807) is 6.08 Å². The number of hydrogen-bond acceptors (Lipinski definition) is 3. The van der Waals surface area contributed by atoms with Gasteiger partial charge in [-0.05, 0) is 42.5 Å². The van der Waals surface area contributed by atoms with Crippen LogP contribution in [0.2, 0.25) is 0 Å². The summed E-state index contributed by atoms with van der Waals surface area (Å²) in [5, 5.41) is 0. The number of carbonyl (C=O) groups is 1. The highest BCUT2D eigenvalue weighted by atomic mass is 16.6. The van der Waals surface area contributed by atoms with Crippen LogP contribution >= 0.6 is 0 Å². The largest absolute Gasteiger partial charge is 0.449 e. The molecule has 1 aliphatic carbocycles. The smallest absolute Gasteiger partial charge is 0.332 e. The lowest BCUT2D eigenvalue weighted by Crippen LogP contribution is -2.48. The van der Waals surface area contributed by atoms with Gasteiger partial charge in [-0.1, -0.05) is 57.2 Å². The minimum absolute atomic E-state index is 0.139. The molecule has 28 heavy (non-hydrogen) atoms. The first-order valence-corrected chi connectivity index (χ1v) is 10.4. The topological polar surface area (TPSA) is 29.5 Å². The van der Waals surface area contributed by atoms with Crippen LogP contribution < -0.4 is 0 Å². The molecule has 144 valence electrons. The van der Waals surface area contributed by atoms with Gasteiger partial charge in [-0.3, -0.25) is 4.90 Å². The van der Waals surface area contributed by atoms with Crippen molar-refractivity contribution in [3.63, 3.8) is 0 Å². The van der Waals surface area contributed by atoms with Gasteiger partial charge in [-0.25, -0.2) is 4.79 Å². The maximum absolute atomic E-state index is 12.2. The van der Waals surface area contributed by atoms with Gasteiger partial charge in [0.1, 0.15) is 0 Å². The Morgan fingerprint density at radius 3 is 2.68 bits per heavy atom. The van der Waals surface area contributed by atoms with Gasteiger partial charge in [-0.15, -0.1) is 0 Å². The van der Waals surface area contributed by atoms with Crippen LogP contribution in [-0.4, -0.2) is 35.1 Å². The molecule has 3 heterocycles. The third-order valence-corrected chi connectivity index (χ3v) is 6.76. The summed E-state index contributed by atoms with van der Waals surface area (Å²) in [5.41, 5.74) is 3.99. The highest BCUT2D eigenvalue weighted by molar-refractivity contribution is 5.90. The summed E-state index contributed by atoms with van der Waals surface area (Å²) in [5.74, 6) is 6.50. The third-order valence-electron chi connectivity index (χ3n) is 6.76. The molecule has 0 N–H and O–H groups in total. The molecule has 1 aromatic rings. The third kappa shape index (κ3) is 2.66. The lowest BCUT2D eigenvalue weighted by atomic mass is 9.77. The van der Waals surface area contributed by atoms with E-state index in [9.17, 15) is 4.79 Å². The van der Waals surface area contributed by atoms with Crippen LogP contribution in [0.3, 0.4) is 0 Å². The van der Waals surface area contributed by atoms with Gasteiger partial charge < -0.3 is 4.74 Å². The van der Waals surface area contributed by atoms with Crippen LogP contribution in [0.5, 0.6) is 0 Å². The Kier molecular flexibility index (Phi) is 3.87. The summed E-state index contributed by atoms with van der Waals surface area (Å²) in [7, 11) is 0. The Morgan fingerprint density at radius 2 is 1.93 bits per heavy atom. The Bertz CT molecular complexity index is 951. The van der Waals surface area contributed by atoms with E-state index < -0.39 is 5.60 Å². The first kappa shape index (κ1) is 17.8. The fourth-order valence-electron chi connectivity index (χ4n) is 5.36. The molecule has 3 heteroatoms. The predicted molar refractivity (Wildman–Crippen MR) is 110 cm³/mol. The molecule has 3 nitrogen and oxygen atoms in total. The average Bonchev–Trinajstić information content (AvgIpc) is 3.15. The molecule has 2 fully saturated rings. The molecule has 1 aromatic carbocycles. The first-order valence-electron chi connectivity index (χ1n) is 10.4. The second-order valence-electron chi connectivity index (χ2n) is 9.55. The van der Waals surface area contributed by atoms with Crippen molar-refractivity contribution < 1.29 is 9.53 Å². The van der Waals surface area contributed by atoms with Crippen molar-refractivity contribution >= 4 is 5.97 Å². The van der Waals surface area contributed by atoms with Gasteiger partial charge >= 0.3 is 5.97 Å². The van der Waals surface area contributed by atoms with Crippen LogP contribution in [-0.2, 0) is 14.9 Å². The summed E-state index contributed by atoms with van der Waals surface area (Å²) in [6, 6.07) is 9.15. The van der Waals surface area contributed by atoms with Crippen molar-refractivity contribution in [2.24, 2.45) is 0 Å². The number of esters is 1. The molecule has 4 aliphatic rings. The summed E-state index contributed by atoms with van der Waals surface area (Å²) in [6.07, 6.45) is 8.39. The van der Waals surface area contributed by atoms with Crippen molar-refractivity contribution in [1.82, 2.24) is 4.90 Å². The highest BCUT2D eigenvalue weighted by Gasteiger charge is 2.61. The molecule has 2 saturated heterocycles. The number of hydrogen-bond donors (Lipinski definition) is 0. The molecule has 5 rings (SSSR count). The number of ether oxygens (including phenoxy) is 1. The van der Waals surface area contributed by atoms with Gasteiger partial charge in [0.25, 0.3) is 0 Å². The van der Waals surface area contributed by atoms with E-state index >= 15 is 0 Å². The Morgan fingerprint density at radius 1 is 1.14 bits per heavy atom. The molecule has 2 bridgehead atoms. The fraction of sp³-hybridized carbons (Fsp3) is 0.480. The molecule has 3 atom stereocenters. The van der Waals surface area contributed by atoms with E-state index in [4.69, 9.17) is 4.74 Å². The summed E-state index contributed by atoms with van der Waals surface area (Å²) in [4.78, 5) is 14.8. The highest BCUT2D eigenvalue weighted by Crippen LogP contribution is 2.53. The number of fused-ring (bicyclic) bond motifs is 3. The number of rotatable bonds is 0. The standard InChI is InChI=1S/C25H27NO2/c1-24(2,3)19-11-8-17(9-12-19)7-10-18-14-20-16-25(21(18)15-23(27)28-25)22-6-4-5-13-26(20)22/h8-9,11-12,14-15,20,22H,4-6,13,16H2,1-3H3/t20-,22-,25+/m1/s1. The lowest BCUT2D eigenvalue weighted by molar-refractivity contribution is -0.148. The molecule has 0 aromatic heterocycles. The van der Waals surface area contributed by atoms with Crippen LogP contribution in [0.1, 0.15) is 57.6 Å². The van der Waals surface area contributed by atoms with Crippen LogP contribution in [0.4, 0.5) is 0 Å². The number of piperidine rings is 1. The van der Waals surface area contributed by atoms with E-state index in [1.807, 2.05) is 0 Å². The molecule has 0 saturated carbocycles. The molecule has 3 aliphatic heterocycles. The molecular weight excluding hydrogens is 346 g/mol. The van der Waals surface area contributed by atoms with E-state index in [-0.39, 0.29) is 11.4 Å². The SMILES string of the molecule is CC(C)(C)c1ccc(C#CC2=C[C@@H]3C[C@@]4(OC(=O)C=C24)[C@H]2CCCCN32)cc1. The molecule has 0 unspecified atom stereocenters. The summed E-state index contributed by atoms with van der Waals surface area (Å²) >= 11 is 0. The number of benzene rings is 1. The minimum atomic E-state index is -0.461. The Balaban J connectivity index is 1.49. The van der Waals surface area contributed by atoms with Crippen LogP contribution in [0.25, 0.3) is 0 Å². The minimum Gasteiger partial charge on any atom is -0.449 e. The predicted octanol–water partition coefficient (Wildman–Crippen LogP) is 4.12. The molecule has 1 spiro atoms. The second-order valence-corrected chi connectivity index (χ2v) is 9.55. The summed E-state index contributed by atoms with van der Waals surface area (Å²) in [6.45, 7) is 7.74. The maximum atomic E-state index is 12.2. The normalized spacial score (nSPS) is 31.2. The number of nitrogens with zero attached hydrogens (tertiary/aromatic N) is 1. The average molecular weight is 373 g/mol. The Hall–Kier alpha value is -2.31. The second kappa shape index (κ2) is 6.09. The van der Waals surface area contributed by atoms with Gasteiger partial charge in [0.05, 0.1) is 6.04 Å². The van der Waals surface area contributed by atoms with E-state index in [0.29, 0.717) is 12.1 Å². The zero-order valence-corrected chi connectivity index (χ0v) is 16.9. The van der Waals surface area contributed by atoms with Crippen molar-refractivity contribution in [3.05, 3.63) is 58.7 Å². The number of carbonyl (C=O) groups excluding carboxylic acids is 1. The fourth-order valence-corrected chi connectivity index (χ4v) is 5.36. The van der Waals surface area contributed by atoms with E-state index in [2.05, 4.69) is 67.9 Å². The van der Waals surface area contributed by atoms with Crippen molar-refractivity contribution in [3.8, 4) is 11.8 Å². The van der Waals surface area contributed by atoms with Gasteiger partial charge in [0.2, 0.25) is 0 Å². The van der Waals surface area contributed by atoms with Crippen LogP contribution in [0, 0.1) is 11.8 Å². The monoisotopic (exact) mass is 373 g/mol. The molecule has 0 amide bonds. The summed E-state index contributed by atoms with van der Waals surface area (Å²) < 4.78 is 5.97. The van der Waals surface area contributed by atoms with Gasteiger partial charge in [-0.2, -0.15) is 0 Å². The lowest BCUT2D eigenvalue weighted by Gasteiger charge is -2.38. The van der Waals surface area contributed by atoms with Crippen molar-refractivity contribution in [1.29, 1.82) is 0 Å². The molecule has 0 radical (unpaired) electrons. The zero-order valence-electron chi connectivity index (χ0n) is 16.9. The maximum Gasteiger partial charge on any atom is 0.332 e. The van der Waals surface area contributed by atoms with E-state index in [1.165, 1.54) is 18.4 Å². The van der Waals surface area contributed by atoms with Crippen molar-refractivity contribution in [2.45, 2.75) is 69.6 Å². The quantitative estimate of drug-likeness (QED) is 0.506. The van der Waals surface area contributed by atoms with Gasteiger partial charge in [0, 0.05) is 35.2 Å². The van der Waals surface area contributed by atoms with Gasteiger partial charge in [0.15, 0.2) is 5.60 Å². The van der Waals surface area contributed by atoms with Crippen LogP contribution in [0.15, 0.2) is 47.6 Å². The Labute approximate surface area is 167 Å². The first-order chi connectivity index (χ1) is 13.4. The zero-order chi connectivity index (χ0) is 19.5. The molecular formula is C25H27NO2. The van der Waals surface area contributed by atoms with E-state index in [0.717, 1.165) is 36.1 Å².